The van der Waals surface area contributed by atoms with Crippen molar-refractivity contribution in [3.8, 4) is 0 Å². The van der Waals surface area contributed by atoms with Crippen LogP contribution in [0.4, 0.5) is 0 Å². The molecule has 0 bridgehead atoms. The molecule has 0 aliphatic carbocycles. The average molecular weight is 253 g/mol. The smallest absolute Gasteiger partial charge is 0.255 e. The topological polar surface area (TPSA) is 29.5 Å². The molecule has 0 N–H and O–H groups in total. The maximum atomic E-state index is 12.3. The fourth-order valence-electron chi connectivity index (χ4n) is 1.80. The minimum Gasteiger partial charge on any atom is -0.383 e. The highest BCUT2D eigenvalue weighted by molar-refractivity contribution is 7.80. The predicted molar refractivity (Wildman–Crippen MR) is 71.7 cm³/mol. The van der Waals surface area contributed by atoms with Crippen molar-refractivity contribution < 1.29 is 9.53 Å². The van der Waals surface area contributed by atoms with Gasteiger partial charge in [-0.1, -0.05) is 12.1 Å². The third-order valence-electron chi connectivity index (χ3n) is 2.68. The zero-order valence-corrected chi connectivity index (χ0v) is 11.4. The molecule has 1 atom stereocenters. The Morgan fingerprint density at radius 2 is 2.12 bits per heavy atom. The van der Waals surface area contributed by atoms with Crippen molar-refractivity contribution in [2.75, 3.05) is 20.3 Å². The molecule has 0 heterocycles. The van der Waals surface area contributed by atoms with Gasteiger partial charge in [0.25, 0.3) is 5.91 Å². The fourth-order valence-corrected chi connectivity index (χ4v) is 2.05. The van der Waals surface area contributed by atoms with Gasteiger partial charge in [0, 0.05) is 18.6 Å². The van der Waals surface area contributed by atoms with Crippen LogP contribution in [0.15, 0.2) is 29.2 Å². The number of likely N-dealkylation sites (N-methyl/N-ethyl adjacent to an activating group) is 1. The van der Waals surface area contributed by atoms with E-state index in [0.29, 0.717) is 23.6 Å². The normalized spacial score (nSPS) is 12.2. The van der Waals surface area contributed by atoms with Gasteiger partial charge < -0.3 is 9.64 Å². The van der Waals surface area contributed by atoms with Gasteiger partial charge in [0.05, 0.1) is 18.2 Å². The fraction of sp³-hybridized carbons (Fsp3) is 0.462. The summed E-state index contributed by atoms with van der Waals surface area (Å²) in [6, 6.07) is 7.40. The van der Waals surface area contributed by atoms with Crippen molar-refractivity contribution in [2.24, 2.45) is 0 Å². The first-order chi connectivity index (χ1) is 8.11. The van der Waals surface area contributed by atoms with Crippen LogP contribution in [0.3, 0.4) is 0 Å². The van der Waals surface area contributed by atoms with E-state index in [1.54, 1.807) is 18.1 Å². The van der Waals surface area contributed by atoms with Crippen LogP contribution in [-0.4, -0.2) is 37.1 Å². The SMILES string of the molecule is CCN(C(=O)c1ccccc1S)C(C)COC. The second-order valence-corrected chi connectivity index (χ2v) is 4.39. The molecule has 4 heteroatoms. The molecule has 1 aromatic carbocycles. The minimum atomic E-state index is 0.00245. The standard InChI is InChI=1S/C13H19NO2S/c1-4-14(10(2)9-16-3)13(15)11-7-5-6-8-12(11)17/h5-8,10,17H,4,9H2,1-3H3. The van der Waals surface area contributed by atoms with Crippen molar-refractivity contribution >= 4 is 18.5 Å². The van der Waals surface area contributed by atoms with E-state index in [1.165, 1.54) is 0 Å². The first-order valence-electron chi connectivity index (χ1n) is 5.69. The third kappa shape index (κ3) is 3.48. The van der Waals surface area contributed by atoms with Crippen molar-refractivity contribution in [1.82, 2.24) is 4.90 Å². The number of benzene rings is 1. The number of hydrogen-bond acceptors (Lipinski definition) is 3. The van der Waals surface area contributed by atoms with E-state index in [1.807, 2.05) is 32.0 Å². The quantitative estimate of drug-likeness (QED) is 0.817. The summed E-state index contributed by atoms with van der Waals surface area (Å²) in [4.78, 5) is 14.8. The van der Waals surface area contributed by atoms with Crippen LogP contribution in [0.2, 0.25) is 0 Å². The molecule has 0 aliphatic heterocycles. The van der Waals surface area contributed by atoms with Gasteiger partial charge in [0.15, 0.2) is 0 Å². The largest absolute Gasteiger partial charge is 0.383 e. The summed E-state index contributed by atoms with van der Waals surface area (Å²) < 4.78 is 5.09. The summed E-state index contributed by atoms with van der Waals surface area (Å²) in [5.74, 6) is 0.00245. The van der Waals surface area contributed by atoms with Crippen molar-refractivity contribution in [3.63, 3.8) is 0 Å². The highest BCUT2D eigenvalue weighted by Gasteiger charge is 2.21. The lowest BCUT2D eigenvalue weighted by Gasteiger charge is -2.28. The maximum Gasteiger partial charge on any atom is 0.255 e. The maximum absolute atomic E-state index is 12.3. The molecular formula is C13H19NO2S. The number of carbonyl (C=O) groups excluding carboxylic acids is 1. The van der Waals surface area contributed by atoms with Gasteiger partial charge in [-0.3, -0.25) is 4.79 Å². The van der Waals surface area contributed by atoms with Crippen LogP contribution in [0.25, 0.3) is 0 Å². The van der Waals surface area contributed by atoms with Gasteiger partial charge in [-0.05, 0) is 26.0 Å². The van der Waals surface area contributed by atoms with E-state index in [0.717, 1.165) is 0 Å². The number of rotatable bonds is 5. The van der Waals surface area contributed by atoms with E-state index in [4.69, 9.17) is 4.74 Å². The third-order valence-corrected chi connectivity index (χ3v) is 3.07. The Labute approximate surface area is 108 Å². The number of amides is 1. The van der Waals surface area contributed by atoms with Gasteiger partial charge in [-0.2, -0.15) is 0 Å². The lowest BCUT2D eigenvalue weighted by molar-refractivity contribution is 0.0576. The summed E-state index contributed by atoms with van der Waals surface area (Å²) >= 11 is 4.31. The van der Waals surface area contributed by atoms with E-state index in [2.05, 4.69) is 12.6 Å². The zero-order chi connectivity index (χ0) is 12.8. The van der Waals surface area contributed by atoms with Crippen LogP contribution >= 0.6 is 12.6 Å². The van der Waals surface area contributed by atoms with Crippen LogP contribution in [0.5, 0.6) is 0 Å². The molecule has 1 unspecified atom stereocenters. The van der Waals surface area contributed by atoms with Gasteiger partial charge in [-0.15, -0.1) is 12.6 Å². The second-order valence-electron chi connectivity index (χ2n) is 3.91. The van der Waals surface area contributed by atoms with E-state index in [-0.39, 0.29) is 11.9 Å². The van der Waals surface area contributed by atoms with E-state index < -0.39 is 0 Å². The molecule has 1 aromatic rings. The van der Waals surface area contributed by atoms with E-state index >= 15 is 0 Å². The molecule has 0 saturated carbocycles. The molecule has 94 valence electrons. The lowest BCUT2D eigenvalue weighted by atomic mass is 10.1. The van der Waals surface area contributed by atoms with Gasteiger partial charge in [-0.25, -0.2) is 0 Å². The molecule has 17 heavy (non-hydrogen) atoms. The molecule has 1 amide bonds. The number of thiol groups is 1. The first kappa shape index (κ1) is 14.1. The molecular weight excluding hydrogens is 234 g/mol. The summed E-state index contributed by atoms with van der Waals surface area (Å²) in [5.41, 5.74) is 0.639. The monoisotopic (exact) mass is 253 g/mol. The highest BCUT2D eigenvalue weighted by Crippen LogP contribution is 2.16. The number of ether oxygens (including phenoxy) is 1. The Morgan fingerprint density at radius 3 is 2.65 bits per heavy atom. The van der Waals surface area contributed by atoms with Crippen molar-refractivity contribution in [2.45, 2.75) is 24.8 Å². The zero-order valence-electron chi connectivity index (χ0n) is 10.5. The number of carbonyl (C=O) groups is 1. The Hall–Kier alpha value is -1.00. The molecule has 3 nitrogen and oxygen atoms in total. The number of hydrogen-bond donors (Lipinski definition) is 1. The van der Waals surface area contributed by atoms with Crippen molar-refractivity contribution in [1.29, 1.82) is 0 Å². The molecule has 0 radical (unpaired) electrons. The lowest BCUT2D eigenvalue weighted by Crippen LogP contribution is -2.41. The first-order valence-corrected chi connectivity index (χ1v) is 6.14. The summed E-state index contributed by atoms with van der Waals surface area (Å²) in [6.07, 6.45) is 0. The summed E-state index contributed by atoms with van der Waals surface area (Å²) in [5, 5.41) is 0. The average Bonchev–Trinajstić information content (AvgIpc) is 2.30. The number of nitrogens with zero attached hydrogens (tertiary/aromatic N) is 1. The molecule has 1 rings (SSSR count). The Balaban J connectivity index is 2.90. The molecule has 0 aliphatic rings. The van der Waals surface area contributed by atoms with Crippen LogP contribution in [0, 0.1) is 0 Å². The minimum absolute atomic E-state index is 0.00245. The van der Waals surface area contributed by atoms with Crippen LogP contribution < -0.4 is 0 Å². The van der Waals surface area contributed by atoms with Gasteiger partial charge in [0.2, 0.25) is 0 Å². The van der Waals surface area contributed by atoms with Gasteiger partial charge >= 0.3 is 0 Å². The Bertz CT molecular complexity index is 381. The van der Waals surface area contributed by atoms with Gasteiger partial charge in [0.1, 0.15) is 0 Å². The molecule has 0 fully saturated rings. The highest BCUT2D eigenvalue weighted by atomic mass is 32.1. The van der Waals surface area contributed by atoms with Crippen LogP contribution in [0.1, 0.15) is 24.2 Å². The molecule has 0 spiro atoms. The molecule has 0 saturated heterocycles. The predicted octanol–water partition coefficient (Wildman–Crippen LogP) is 2.47. The second kappa shape index (κ2) is 6.67. The summed E-state index contributed by atoms with van der Waals surface area (Å²) in [6.45, 7) is 5.14. The summed E-state index contributed by atoms with van der Waals surface area (Å²) in [7, 11) is 1.64. The van der Waals surface area contributed by atoms with Crippen LogP contribution in [-0.2, 0) is 4.74 Å². The Kier molecular flexibility index (Phi) is 5.51. The number of methoxy groups -OCH3 is 1. The molecule has 0 aromatic heterocycles. The Morgan fingerprint density at radius 1 is 1.47 bits per heavy atom. The van der Waals surface area contributed by atoms with E-state index in [9.17, 15) is 4.79 Å². The van der Waals surface area contributed by atoms with Crippen molar-refractivity contribution in [3.05, 3.63) is 29.8 Å².